The maximum atomic E-state index is 13.4. The molecule has 3 heteroatoms. The number of rotatable bonds is 4. The van der Waals surface area contributed by atoms with E-state index in [1.54, 1.807) is 12.1 Å². The summed E-state index contributed by atoms with van der Waals surface area (Å²) in [6.07, 6.45) is 0.278. The number of hydrogen-bond acceptors (Lipinski definition) is 1. The largest absolute Gasteiger partial charge is 0.294 e. The normalized spacial score (nSPS) is 10.8. The minimum Gasteiger partial charge on any atom is -0.294 e. The lowest BCUT2D eigenvalue weighted by atomic mass is 9.98. The molecule has 1 nitrogen and oxygen atoms in total. The van der Waals surface area contributed by atoms with Crippen molar-refractivity contribution < 1.29 is 9.18 Å². The van der Waals surface area contributed by atoms with E-state index in [4.69, 9.17) is 0 Å². The molecule has 0 saturated heterocycles. The van der Waals surface area contributed by atoms with Gasteiger partial charge in [-0.3, -0.25) is 4.79 Å². The van der Waals surface area contributed by atoms with Gasteiger partial charge in [0, 0.05) is 12.0 Å². The van der Waals surface area contributed by atoms with E-state index in [9.17, 15) is 9.18 Å². The van der Waals surface area contributed by atoms with E-state index in [-0.39, 0.29) is 16.7 Å². The van der Waals surface area contributed by atoms with Gasteiger partial charge in [0.2, 0.25) is 0 Å². The van der Waals surface area contributed by atoms with Gasteiger partial charge >= 0.3 is 0 Å². The lowest BCUT2D eigenvalue weighted by Gasteiger charge is -2.07. The van der Waals surface area contributed by atoms with Gasteiger partial charge in [-0.05, 0) is 39.0 Å². The number of Topliss-reactive ketones (excluding diaryl/α,β-unsaturated/α-hetero) is 1. The van der Waals surface area contributed by atoms with Crippen LogP contribution >= 0.6 is 15.9 Å². The van der Waals surface area contributed by atoms with E-state index in [2.05, 4.69) is 29.8 Å². The Morgan fingerprint density at radius 1 is 1.15 bits per heavy atom. The highest BCUT2D eigenvalue weighted by atomic mass is 79.9. The first-order valence-corrected chi connectivity index (χ1v) is 7.34. The average Bonchev–Trinajstić information content (AvgIpc) is 2.42. The van der Waals surface area contributed by atoms with Gasteiger partial charge in [-0.1, -0.05) is 50.2 Å². The molecule has 0 aliphatic heterocycles. The number of carbonyl (C=O) groups excluding carboxylic acids is 1. The van der Waals surface area contributed by atoms with Crippen LogP contribution in [0.3, 0.4) is 0 Å². The van der Waals surface area contributed by atoms with Crippen LogP contribution in [0.15, 0.2) is 46.9 Å². The highest BCUT2D eigenvalue weighted by molar-refractivity contribution is 9.10. The highest BCUT2D eigenvalue weighted by Gasteiger charge is 2.13. The average molecular weight is 335 g/mol. The zero-order valence-electron chi connectivity index (χ0n) is 11.5. The van der Waals surface area contributed by atoms with E-state index in [1.165, 1.54) is 11.6 Å². The maximum absolute atomic E-state index is 13.4. The van der Waals surface area contributed by atoms with Crippen molar-refractivity contribution in [2.75, 3.05) is 0 Å². The molecule has 0 fully saturated rings. The van der Waals surface area contributed by atoms with E-state index in [1.807, 2.05) is 24.3 Å². The topological polar surface area (TPSA) is 17.1 Å². The molecule has 2 aromatic carbocycles. The summed E-state index contributed by atoms with van der Waals surface area (Å²) in [6.45, 7) is 4.26. The smallest absolute Gasteiger partial charge is 0.168 e. The van der Waals surface area contributed by atoms with Crippen LogP contribution in [0.2, 0.25) is 0 Å². The number of halogens is 2. The van der Waals surface area contributed by atoms with Gasteiger partial charge in [0.1, 0.15) is 5.82 Å². The van der Waals surface area contributed by atoms with E-state index in [0.717, 1.165) is 5.56 Å². The SMILES string of the molecule is CC(C)c1ccc(CC(=O)c2cccc(F)c2Br)cc1. The summed E-state index contributed by atoms with van der Waals surface area (Å²) in [7, 11) is 0. The number of ketones is 1. The maximum Gasteiger partial charge on any atom is 0.168 e. The zero-order chi connectivity index (χ0) is 14.7. The molecule has 0 aliphatic rings. The van der Waals surface area contributed by atoms with Gasteiger partial charge in [-0.2, -0.15) is 0 Å². The Kier molecular flexibility index (Phi) is 4.71. The fraction of sp³-hybridized carbons (Fsp3) is 0.235. The molecule has 2 rings (SSSR count). The van der Waals surface area contributed by atoms with Gasteiger partial charge in [-0.15, -0.1) is 0 Å². The van der Waals surface area contributed by atoms with Crippen LogP contribution in [-0.2, 0) is 6.42 Å². The van der Waals surface area contributed by atoms with Crippen molar-refractivity contribution in [3.05, 3.63) is 69.4 Å². The molecule has 0 N–H and O–H groups in total. The molecule has 0 heterocycles. The van der Waals surface area contributed by atoms with Crippen molar-refractivity contribution in [1.82, 2.24) is 0 Å². The van der Waals surface area contributed by atoms with Crippen LogP contribution < -0.4 is 0 Å². The van der Waals surface area contributed by atoms with Gasteiger partial charge in [0.05, 0.1) is 4.47 Å². The lowest BCUT2D eigenvalue weighted by molar-refractivity contribution is 0.0991. The van der Waals surface area contributed by atoms with Crippen molar-refractivity contribution >= 4 is 21.7 Å². The molecule has 0 spiro atoms. The molecule has 0 aromatic heterocycles. The molecule has 0 radical (unpaired) electrons. The Morgan fingerprint density at radius 3 is 2.40 bits per heavy atom. The fourth-order valence-electron chi connectivity index (χ4n) is 2.02. The Hall–Kier alpha value is -1.48. The van der Waals surface area contributed by atoms with E-state index in [0.29, 0.717) is 11.5 Å². The Morgan fingerprint density at radius 2 is 1.80 bits per heavy atom. The predicted molar refractivity (Wildman–Crippen MR) is 82.7 cm³/mol. The Bertz CT molecular complexity index is 617. The van der Waals surface area contributed by atoms with Crippen LogP contribution in [0.5, 0.6) is 0 Å². The van der Waals surface area contributed by atoms with Gasteiger partial charge < -0.3 is 0 Å². The number of hydrogen-bond donors (Lipinski definition) is 0. The molecule has 0 unspecified atom stereocenters. The van der Waals surface area contributed by atoms with E-state index >= 15 is 0 Å². The first kappa shape index (κ1) is 14.9. The second-order valence-electron chi connectivity index (χ2n) is 5.10. The van der Waals surface area contributed by atoms with Gasteiger partial charge in [-0.25, -0.2) is 4.39 Å². The van der Waals surface area contributed by atoms with Crippen LogP contribution in [0.1, 0.15) is 41.3 Å². The molecule has 0 aliphatic carbocycles. The van der Waals surface area contributed by atoms with Crippen LogP contribution in [0.4, 0.5) is 4.39 Å². The van der Waals surface area contributed by atoms with Crippen molar-refractivity contribution in [2.24, 2.45) is 0 Å². The quantitative estimate of drug-likeness (QED) is 0.707. The molecule has 0 bridgehead atoms. The van der Waals surface area contributed by atoms with E-state index < -0.39 is 5.82 Å². The summed E-state index contributed by atoms with van der Waals surface area (Å²) < 4.78 is 13.7. The van der Waals surface area contributed by atoms with Crippen LogP contribution in [0.25, 0.3) is 0 Å². The summed E-state index contributed by atoms with van der Waals surface area (Å²) >= 11 is 3.13. The van der Waals surface area contributed by atoms with Crippen LogP contribution in [0, 0.1) is 5.82 Å². The monoisotopic (exact) mass is 334 g/mol. The lowest BCUT2D eigenvalue weighted by Crippen LogP contribution is -2.05. The molecule has 0 atom stereocenters. The summed E-state index contributed by atoms with van der Waals surface area (Å²) in [5, 5.41) is 0. The van der Waals surface area contributed by atoms with Crippen molar-refractivity contribution in [3.8, 4) is 0 Å². The summed E-state index contributed by atoms with van der Waals surface area (Å²) in [5.41, 5.74) is 2.57. The minimum absolute atomic E-state index is 0.0892. The second-order valence-corrected chi connectivity index (χ2v) is 5.89. The van der Waals surface area contributed by atoms with Crippen molar-refractivity contribution in [1.29, 1.82) is 0 Å². The standard InChI is InChI=1S/C17H16BrFO/c1-11(2)13-8-6-12(7-9-13)10-16(20)14-4-3-5-15(19)17(14)18/h3-9,11H,10H2,1-2H3. The summed E-state index contributed by atoms with van der Waals surface area (Å²) in [5.74, 6) is -0.0307. The molecule has 104 valence electrons. The third kappa shape index (κ3) is 3.34. The summed E-state index contributed by atoms with van der Waals surface area (Å²) in [6, 6.07) is 12.5. The van der Waals surface area contributed by atoms with Crippen LogP contribution in [-0.4, -0.2) is 5.78 Å². The molecular formula is C17H16BrFO. The Balaban J connectivity index is 2.17. The molecule has 2 aromatic rings. The minimum atomic E-state index is -0.411. The second kappa shape index (κ2) is 6.31. The third-order valence-electron chi connectivity index (χ3n) is 3.26. The zero-order valence-corrected chi connectivity index (χ0v) is 13.1. The molecule has 0 saturated carbocycles. The molecule has 0 amide bonds. The van der Waals surface area contributed by atoms with Gasteiger partial charge in [0.25, 0.3) is 0 Å². The van der Waals surface area contributed by atoms with Crippen molar-refractivity contribution in [2.45, 2.75) is 26.2 Å². The first-order chi connectivity index (χ1) is 9.49. The third-order valence-corrected chi connectivity index (χ3v) is 4.07. The highest BCUT2D eigenvalue weighted by Crippen LogP contribution is 2.22. The predicted octanol–water partition coefficient (Wildman–Crippen LogP) is 5.14. The summed E-state index contributed by atoms with van der Waals surface area (Å²) in [4.78, 5) is 12.2. The fourth-order valence-corrected chi connectivity index (χ4v) is 2.51. The number of carbonyl (C=O) groups is 1. The molecule has 20 heavy (non-hydrogen) atoms. The first-order valence-electron chi connectivity index (χ1n) is 6.55. The Labute approximate surface area is 127 Å². The van der Waals surface area contributed by atoms with Gasteiger partial charge in [0.15, 0.2) is 5.78 Å². The molecular weight excluding hydrogens is 319 g/mol. The number of benzene rings is 2. The van der Waals surface area contributed by atoms with Crippen molar-refractivity contribution in [3.63, 3.8) is 0 Å².